The molecule has 1 atom stereocenters. The monoisotopic (exact) mass is 505 g/mol. The van der Waals surface area contributed by atoms with Crippen LogP contribution in [0, 0.1) is 17.0 Å². The van der Waals surface area contributed by atoms with Crippen LogP contribution in [0.1, 0.15) is 29.2 Å². The number of non-ortho nitro benzene ring substituents is 1. The number of nitro groups is 1. The third-order valence-electron chi connectivity index (χ3n) is 5.74. The van der Waals surface area contributed by atoms with Crippen LogP contribution in [0.5, 0.6) is 0 Å². The molecule has 0 bridgehead atoms. The smallest absolute Gasteiger partial charge is 0.269 e. The van der Waals surface area contributed by atoms with Crippen molar-refractivity contribution >= 4 is 29.3 Å². The Morgan fingerprint density at radius 2 is 1.58 bits per heavy atom. The minimum atomic E-state index is -0.652. The van der Waals surface area contributed by atoms with Gasteiger partial charge in [-0.15, -0.1) is 11.8 Å². The molecule has 0 fully saturated rings. The Kier molecular flexibility index (Phi) is 10.1. The van der Waals surface area contributed by atoms with Crippen molar-refractivity contribution in [2.24, 2.45) is 0 Å². The highest BCUT2D eigenvalue weighted by molar-refractivity contribution is 7.99. The topological polar surface area (TPSA) is 92.6 Å². The molecule has 7 nitrogen and oxygen atoms in total. The molecule has 0 aliphatic heterocycles. The van der Waals surface area contributed by atoms with E-state index in [4.69, 9.17) is 0 Å². The zero-order valence-corrected chi connectivity index (χ0v) is 21.4. The number of likely N-dealkylation sites (N-methyl/N-ethyl adjacent to an activating group) is 1. The normalized spacial score (nSPS) is 11.5. The Morgan fingerprint density at radius 1 is 0.944 bits per heavy atom. The van der Waals surface area contributed by atoms with E-state index < -0.39 is 11.0 Å². The SMILES string of the molecule is CCNC(=O)C(Cc1ccccc1)N(Cc1ccc(C)cc1)C(=O)CSCc1ccc([N+](=O)[O-])cc1. The van der Waals surface area contributed by atoms with Crippen LogP contribution in [0.2, 0.25) is 0 Å². The zero-order valence-electron chi connectivity index (χ0n) is 20.6. The number of nitro benzene ring substituents is 1. The van der Waals surface area contributed by atoms with Crippen LogP contribution in [-0.2, 0) is 28.3 Å². The first kappa shape index (κ1) is 26.9. The molecule has 8 heteroatoms. The van der Waals surface area contributed by atoms with E-state index in [0.717, 1.165) is 22.3 Å². The summed E-state index contributed by atoms with van der Waals surface area (Å²) in [6.07, 6.45) is 0.414. The highest BCUT2D eigenvalue weighted by Gasteiger charge is 2.30. The summed E-state index contributed by atoms with van der Waals surface area (Å²) in [4.78, 5) is 38.8. The fraction of sp³-hybridized carbons (Fsp3) is 0.286. The summed E-state index contributed by atoms with van der Waals surface area (Å²) in [7, 11) is 0. The molecule has 3 aromatic rings. The molecule has 0 radical (unpaired) electrons. The lowest BCUT2D eigenvalue weighted by atomic mass is 10.0. The second kappa shape index (κ2) is 13.4. The van der Waals surface area contributed by atoms with Gasteiger partial charge in [0.2, 0.25) is 11.8 Å². The van der Waals surface area contributed by atoms with Crippen LogP contribution in [0.3, 0.4) is 0 Å². The molecule has 188 valence electrons. The van der Waals surface area contributed by atoms with Crippen molar-refractivity contribution in [3.63, 3.8) is 0 Å². The number of rotatable bonds is 12. The van der Waals surface area contributed by atoms with Crippen LogP contribution < -0.4 is 5.32 Å². The second-order valence-corrected chi connectivity index (χ2v) is 9.51. The Balaban J connectivity index is 1.79. The van der Waals surface area contributed by atoms with Gasteiger partial charge in [0.1, 0.15) is 6.04 Å². The van der Waals surface area contributed by atoms with Gasteiger partial charge >= 0.3 is 0 Å². The third kappa shape index (κ3) is 7.95. The maximum atomic E-state index is 13.5. The Morgan fingerprint density at radius 3 is 2.19 bits per heavy atom. The molecule has 0 aliphatic rings. The van der Waals surface area contributed by atoms with Gasteiger partial charge in [0.05, 0.1) is 10.7 Å². The number of nitrogens with zero attached hydrogens (tertiary/aromatic N) is 2. The second-order valence-electron chi connectivity index (χ2n) is 8.52. The molecular formula is C28H31N3O4S. The van der Waals surface area contributed by atoms with E-state index in [1.807, 2.05) is 68.4 Å². The maximum absolute atomic E-state index is 13.5. The van der Waals surface area contributed by atoms with Gasteiger partial charge in [0.15, 0.2) is 0 Å². The van der Waals surface area contributed by atoms with Gasteiger partial charge in [0, 0.05) is 37.4 Å². The summed E-state index contributed by atoms with van der Waals surface area (Å²) >= 11 is 1.43. The fourth-order valence-corrected chi connectivity index (χ4v) is 4.66. The maximum Gasteiger partial charge on any atom is 0.269 e. The Bertz CT molecular complexity index is 1150. The minimum Gasteiger partial charge on any atom is -0.355 e. The molecule has 0 aromatic heterocycles. The number of hydrogen-bond acceptors (Lipinski definition) is 5. The quantitative estimate of drug-likeness (QED) is 0.279. The van der Waals surface area contributed by atoms with E-state index in [2.05, 4.69) is 5.32 Å². The first-order chi connectivity index (χ1) is 17.4. The van der Waals surface area contributed by atoms with Crippen molar-refractivity contribution in [2.45, 2.75) is 38.6 Å². The van der Waals surface area contributed by atoms with Crippen molar-refractivity contribution in [2.75, 3.05) is 12.3 Å². The number of nitrogens with one attached hydrogen (secondary N) is 1. The first-order valence-electron chi connectivity index (χ1n) is 11.8. The lowest BCUT2D eigenvalue weighted by molar-refractivity contribution is -0.384. The molecule has 0 spiro atoms. The minimum absolute atomic E-state index is 0.0368. The van der Waals surface area contributed by atoms with Gasteiger partial charge in [-0.1, -0.05) is 72.3 Å². The highest BCUT2D eigenvalue weighted by atomic mass is 32.2. The molecule has 0 saturated heterocycles. The van der Waals surface area contributed by atoms with E-state index in [1.54, 1.807) is 17.0 Å². The molecule has 0 heterocycles. The summed E-state index contributed by atoms with van der Waals surface area (Å²) in [6.45, 7) is 4.68. The van der Waals surface area contributed by atoms with Crippen molar-refractivity contribution in [3.05, 3.63) is 111 Å². The van der Waals surface area contributed by atoms with Crippen LogP contribution in [0.15, 0.2) is 78.9 Å². The largest absolute Gasteiger partial charge is 0.355 e. The van der Waals surface area contributed by atoms with E-state index in [0.29, 0.717) is 25.3 Å². The number of carbonyl (C=O) groups is 2. The summed E-state index contributed by atoms with van der Waals surface area (Å²) in [5, 5.41) is 13.8. The number of benzene rings is 3. The summed E-state index contributed by atoms with van der Waals surface area (Å²) in [6, 6.07) is 23.3. The van der Waals surface area contributed by atoms with Crippen molar-refractivity contribution < 1.29 is 14.5 Å². The molecular weight excluding hydrogens is 474 g/mol. The average Bonchev–Trinajstić information content (AvgIpc) is 2.88. The van der Waals surface area contributed by atoms with Gasteiger partial charge in [0.25, 0.3) is 5.69 Å². The predicted octanol–water partition coefficient (Wildman–Crippen LogP) is 4.91. The summed E-state index contributed by atoms with van der Waals surface area (Å²) < 4.78 is 0. The molecule has 0 aliphatic carbocycles. The van der Waals surface area contributed by atoms with Gasteiger partial charge in [-0.05, 0) is 30.5 Å². The standard InChI is InChI=1S/C28H31N3O4S/c1-3-29-28(33)26(17-22-7-5-4-6-8-22)30(18-23-11-9-21(2)10-12-23)27(32)20-36-19-24-13-15-25(16-14-24)31(34)35/h4-16,26H,3,17-20H2,1-2H3,(H,29,33). The van der Waals surface area contributed by atoms with Crippen molar-refractivity contribution in [1.29, 1.82) is 0 Å². The van der Waals surface area contributed by atoms with Gasteiger partial charge in [-0.2, -0.15) is 0 Å². The highest BCUT2D eigenvalue weighted by Crippen LogP contribution is 2.20. The summed E-state index contributed by atoms with van der Waals surface area (Å²) in [5.41, 5.74) is 3.99. The third-order valence-corrected chi connectivity index (χ3v) is 6.73. The fourth-order valence-electron chi connectivity index (χ4n) is 3.79. The zero-order chi connectivity index (χ0) is 25.9. The molecule has 0 saturated carbocycles. The Hall–Kier alpha value is -3.65. The van der Waals surface area contributed by atoms with Crippen LogP contribution in [0.4, 0.5) is 5.69 Å². The number of amides is 2. The Labute approximate surface area is 216 Å². The average molecular weight is 506 g/mol. The number of carbonyl (C=O) groups excluding carboxylic acids is 2. The predicted molar refractivity (Wildman–Crippen MR) is 144 cm³/mol. The summed E-state index contributed by atoms with van der Waals surface area (Å²) in [5.74, 6) is 0.414. The van der Waals surface area contributed by atoms with E-state index in [1.165, 1.54) is 23.9 Å². The molecule has 1 unspecified atom stereocenters. The van der Waals surface area contributed by atoms with E-state index in [-0.39, 0.29) is 23.3 Å². The lowest BCUT2D eigenvalue weighted by Crippen LogP contribution is -2.51. The molecule has 3 rings (SSSR count). The van der Waals surface area contributed by atoms with Crippen LogP contribution in [-0.4, -0.2) is 40.0 Å². The number of aryl methyl sites for hydroxylation is 1. The van der Waals surface area contributed by atoms with Crippen molar-refractivity contribution in [1.82, 2.24) is 10.2 Å². The van der Waals surface area contributed by atoms with Crippen molar-refractivity contribution in [3.8, 4) is 0 Å². The van der Waals surface area contributed by atoms with Crippen LogP contribution in [0.25, 0.3) is 0 Å². The lowest BCUT2D eigenvalue weighted by Gasteiger charge is -2.31. The van der Waals surface area contributed by atoms with Gasteiger partial charge in [-0.3, -0.25) is 19.7 Å². The number of hydrogen-bond donors (Lipinski definition) is 1. The first-order valence-corrected chi connectivity index (χ1v) is 13.0. The van der Waals surface area contributed by atoms with Crippen LogP contribution >= 0.6 is 11.8 Å². The molecule has 2 amide bonds. The molecule has 1 N–H and O–H groups in total. The molecule has 36 heavy (non-hydrogen) atoms. The van der Waals surface area contributed by atoms with E-state index in [9.17, 15) is 19.7 Å². The molecule has 3 aromatic carbocycles. The van der Waals surface area contributed by atoms with Gasteiger partial charge in [-0.25, -0.2) is 0 Å². The van der Waals surface area contributed by atoms with E-state index >= 15 is 0 Å². The number of thioether (sulfide) groups is 1. The van der Waals surface area contributed by atoms with Gasteiger partial charge < -0.3 is 10.2 Å².